The first-order valence-corrected chi connectivity index (χ1v) is 10.7. The highest BCUT2D eigenvalue weighted by Crippen LogP contribution is 2.38. The van der Waals surface area contributed by atoms with Gasteiger partial charge in [-0.3, -0.25) is 0 Å². The van der Waals surface area contributed by atoms with Crippen molar-refractivity contribution in [3.05, 3.63) is 59.3 Å². The van der Waals surface area contributed by atoms with Gasteiger partial charge in [-0.15, -0.1) is 0 Å². The molecule has 0 aliphatic carbocycles. The second-order valence-corrected chi connectivity index (χ2v) is 8.42. The van der Waals surface area contributed by atoms with E-state index in [1.165, 1.54) is 29.4 Å². The van der Waals surface area contributed by atoms with E-state index in [1.54, 1.807) is 6.07 Å². The zero-order valence-electron chi connectivity index (χ0n) is 20.3. The molecule has 2 aromatic carbocycles. The van der Waals surface area contributed by atoms with Crippen LogP contribution in [0.5, 0.6) is 0 Å². The zero-order valence-corrected chi connectivity index (χ0v) is 17.3. The Labute approximate surface area is 180 Å². The van der Waals surface area contributed by atoms with E-state index in [9.17, 15) is 0 Å². The highest BCUT2D eigenvalue weighted by atomic mass is 16.3. The van der Waals surface area contributed by atoms with Crippen molar-refractivity contribution in [2.45, 2.75) is 46.0 Å². The highest BCUT2D eigenvalue weighted by molar-refractivity contribution is 6.08. The van der Waals surface area contributed by atoms with E-state index in [2.05, 4.69) is 58.4 Å². The summed E-state index contributed by atoms with van der Waals surface area (Å²) >= 11 is 0. The van der Waals surface area contributed by atoms with E-state index in [4.69, 9.17) is 8.53 Å². The lowest BCUT2D eigenvalue weighted by molar-refractivity contribution is -0.662. The predicted molar refractivity (Wildman–Crippen MR) is 121 cm³/mol. The number of fused-ring (bicyclic) bond motifs is 3. The first-order chi connectivity index (χ1) is 15.8. The van der Waals surface area contributed by atoms with Crippen LogP contribution in [-0.4, -0.2) is 9.55 Å². The highest BCUT2D eigenvalue weighted by Gasteiger charge is 2.30. The minimum Gasteiger partial charge on any atom is -0.437 e. The molecule has 0 atom stereocenters. The van der Waals surface area contributed by atoms with Gasteiger partial charge in [0.25, 0.3) is 5.82 Å². The molecular weight excluding hydrogens is 370 g/mol. The lowest BCUT2D eigenvalue weighted by atomic mass is 10.0. The molecule has 0 N–H and O–H groups in total. The van der Waals surface area contributed by atoms with E-state index in [-0.39, 0.29) is 5.69 Å². The Morgan fingerprint density at radius 2 is 1.97 bits per heavy atom. The number of hydrogen-bond donors (Lipinski definition) is 0. The molecule has 0 fully saturated rings. The number of aromatic nitrogens is 3. The third-order valence-corrected chi connectivity index (χ3v) is 6.57. The molecule has 4 heterocycles. The van der Waals surface area contributed by atoms with Gasteiger partial charge in [0.1, 0.15) is 5.56 Å². The topological polar surface area (TPSA) is 34.8 Å². The lowest BCUT2D eigenvalue weighted by Gasteiger charge is -2.10. The smallest absolute Gasteiger partial charge is 0.293 e. The van der Waals surface area contributed by atoms with Crippen molar-refractivity contribution in [1.29, 1.82) is 0 Å². The molecule has 0 unspecified atom stereocenters. The average Bonchev–Trinajstić information content (AvgIpc) is 3.26. The number of para-hydroxylation sites is 1. The van der Waals surface area contributed by atoms with Crippen LogP contribution in [0.25, 0.3) is 44.5 Å². The van der Waals surface area contributed by atoms with Crippen molar-refractivity contribution in [3.8, 4) is 11.4 Å². The maximum Gasteiger partial charge on any atom is 0.293 e. The summed E-state index contributed by atoms with van der Waals surface area (Å²) in [6.45, 7) is 0.800. The first kappa shape index (κ1) is 14.8. The summed E-state index contributed by atoms with van der Waals surface area (Å²) in [7, 11) is 2.13. The molecule has 6 rings (SSSR count). The fraction of sp³-hybridized carbons (Fsp3) is 0.308. The van der Waals surface area contributed by atoms with Crippen LogP contribution in [0.1, 0.15) is 40.2 Å². The molecule has 4 nitrogen and oxygen atoms in total. The van der Waals surface area contributed by atoms with Crippen LogP contribution in [0.2, 0.25) is 0 Å². The van der Waals surface area contributed by atoms with E-state index < -0.39 is 6.85 Å². The molecule has 0 amide bonds. The third-order valence-electron chi connectivity index (χ3n) is 6.57. The van der Waals surface area contributed by atoms with Crippen molar-refractivity contribution < 1.29 is 13.1 Å². The Hall–Kier alpha value is -3.14. The van der Waals surface area contributed by atoms with Crippen LogP contribution in [0, 0.1) is 13.8 Å². The Morgan fingerprint density at radius 3 is 2.87 bits per heavy atom. The maximum absolute atomic E-state index is 7.72. The van der Waals surface area contributed by atoms with Gasteiger partial charge in [0.05, 0.1) is 13.6 Å². The van der Waals surface area contributed by atoms with Crippen LogP contribution in [-0.2, 0) is 20.0 Å². The monoisotopic (exact) mass is 399 g/mol. The van der Waals surface area contributed by atoms with E-state index in [0.29, 0.717) is 5.71 Å². The quantitative estimate of drug-likeness (QED) is 0.335. The van der Waals surface area contributed by atoms with Gasteiger partial charge in [-0.1, -0.05) is 24.3 Å². The Bertz CT molecular complexity index is 1560. The van der Waals surface area contributed by atoms with Crippen molar-refractivity contribution in [1.82, 2.24) is 9.55 Å². The third kappa shape index (κ3) is 2.40. The SMILES string of the molecule is [2H]C([2H])([2H])c1ccc2c(n1)oc1c(-c3n(C)c4cccc5c4[n+]3CCCCC5)c(C)ccc12. The number of benzene rings is 2. The number of rotatable bonds is 1. The lowest BCUT2D eigenvalue weighted by Crippen LogP contribution is -2.37. The summed E-state index contributed by atoms with van der Waals surface area (Å²) in [6.07, 6.45) is 4.67. The van der Waals surface area contributed by atoms with Crippen molar-refractivity contribution >= 4 is 33.1 Å². The molecule has 0 radical (unpaired) electrons. The van der Waals surface area contributed by atoms with Crippen LogP contribution in [0.15, 0.2) is 46.9 Å². The van der Waals surface area contributed by atoms with Gasteiger partial charge in [-0.2, -0.15) is 0 Å². The molecule has 0 saturated heterocycles. The normalized spacial score (nSPS) is 16.4. The Kier molecular flexibility index (Phi) is 3.17. The minimum atomic E-state index is -2.27. The van der Waals surface area contributed by atoms with E-state index >= 15 is 0 Å². The minimum absolute atomic E-state index is 0.0544. The zero-order chi connectivity index (χ0) is 22.9. The Morgan fingerprint density at radius 1 is 1.07 bits per heavy atom. The van der Waals surface area contributed by atoms with Crippen molar-refractivity contribution in [3.63, 3.8) is 0 Å². The molecular formula is C26H26N3O+. The molecule has 0 spiro atoms. The summed E-state index contributed by atoms with van der Waals surface area (Å²) in [5.74, 6) is 1.12. The number of aryl methyl sites for hydroxylation is 5. The van der Waals surface area contributed by atoms with Crippen molar-refractivity contribution in [2.75, 3.05) is 0 Å². The number of nitrogens with zero attached hydrogens (tertiary/aromatic N) is 3. The van der Waals surface area contributed by atoms with Gasteiger partial charge < -0.3 is 4.42 Å². The molecule has 30 heavy (non-hydrogen) atoms. The molecule has 4 heteroatoms. The fourth-order valence-electron chi connectivity index (χ4n) is 5.14. The van der Waals surface area contributed by atoms with Crippen LogP contribution in [0.3, 0.4) is 0 Å². The maximum atomic E-state index is 7.72. The summed E-state index contributed by atoms with van der Waals surface area (Å²) in [5, 5.41) is 1.80. The van der Waals surface area contributed by atoms with E-state index in [0.717, 1.165) is 52.7 Å². The fourth-order valence-corrected chi connectivity index (χ4v) is 5.14. The molecule has 3 aromatic heterocycles. The van der Waals surface area contributed by atoms with Gasteiger partial charge >= 0.3 is 0 Å². The van der Waals surface area contributed by atoms with E-state index in [1.807, 2.05) is 6.07 Å². The molecule has 1 aliphatic rings. The molecule has 1 aliphatic heterocycles. The van der Waals surface area contributed by atoms with Gasteiger partial charge in [0.15, 0.2) is 16.6 Å². The summed E-state index contributed by atoms with van der Waals surface area (Å²) in [6, 6.07) is 14.2. The van der Waals surface area contributed by atoms with Crippen LogP contribution in [0.4, 0.5) is 0 Å². The number of furan rings is 1. The molecule has 150 valence electrons. The average molecular weight is 400 g/mol. The summed E-state index contributed by atoms with van der Waals surface area (Å²) in [5.41, 5.74) is 7.29. The number of imidazole rings is 1. The second kappa shape index (κ2) is 6.43. The molecule has 5 aromatic rings. The molecule has 0 saturated carbocycles. The van der Waals surface area contributed by atoms with Gasteiger partial charge in [0, 0.05) is 26.1 Å². The van der Waals surface area contributed by atoms with Gasteiger partial charge in [-0.05, 0) is 63.2 Å². The summed E-state index contributed by atoms with van der Waals surface area (Å²) in [4.78, 5) is 4.37. The van der Waals surface area contributed by atoms with Gasteiger partial charge in [-0.25, -0.2) is 14.1 Å². The summed E-state index contributed by atoms with van der Waals surface area (Å²) < 4.78 is 34.2. The number of hydrogen-bond acceptors (Lipinski definition) is 2. The van der Waals surface area contributed by atoms with Crippen LogP contribution >= 0.6 is 0 Å². The Balaban J connectivity index is 1.71. The largest absolute Gasteiger partial charge is 0.437 e. The molecule has 0 bridgehead atoms. The number of pyridine rings is 1. The van der Waals surface area contributed by atoms with Crippen LogP contribution < -0.4 is 4.57 Å². The predicted octanol–water partition coefficient (Wildman–Crippen LogP) is 5.77. The van der Waals surface area contributed by atoms with Gasteiger partial charge in [0.2, 0.25) is 5.71 Å². The second-order valence-electron chi connectivity index (χ2n) is 8.42. The first-order valence-electron chi connectivity index (χ1n) is 12.2. The standard InChI is InChI=1S/C26H26N3O/c1-16-11-13-19-20-14-12-17(2)27-25(20)30-24(19)22(16)26-28(3)21-10-7-9-18-8-5-4-6-15-29(26)23(18)21/h7,9-14H,4-6,8,15H2,1-3H3/q+1/i2D3. The van der Waals surface area contributed by atoms with Crippen molar-refractivity contribution in [2.24, 2.45) is 7.05 Å².